The number of nitriles is 1. The summed E-state index contributed by atoms with van der Waals surface area (Å²) in [5.74, 6) is 1.31. The second kappa shape index (κ2) is 6.91. The molecule has 1 heterocycles. The first-order valence-corrected chi connectivity index (χ1v) is 7.83. The van der Waals surface area contributed by atoms with E-state index in [1.165, 1.54) is 0 Å². The number of nitrogens with zero attached hydrogens (tertiary/aromatic N) is 3. The van der Waals surface area contributed by atoms with Gasteiger partial charge in [-0.15, -0.1) is 0 Å². The summed E-state index contributed by atoms with van der Waals surface area (Å²) in [5, 5.41) is 9.87. The molecule has 0 aliphatic heterocycles. The summed E-state index contributed by atoms with van der Waals surface area (Å²) in [6.07, 6.45) is 0.412. The highest BCUT2D eigenvalue weighted by molar-refractivity contribution is 6.35. The van der Waals surface area contributed by atoms with Crippen LogP contribution in [0, 0.1) is 11.3 Å². The van der Waals surface area contributed by atoms with E-state index in [-0.39, 0.29) is 6.61 Å². The summed E-state index contributed by atoms with van der Waals surface area (Å²) >= 11 is 12.0. The summed E-state index contributed by atoms with van der Waals surface area (Å²) in [6.45, 7) is 0.839. The summed E-state index contributed by atoms with van der Waals surface area (Å²) in [5.41, 5.74) is 1.87. The second-order valence-electron chi connectivity index (χ2n) is 4.94. The third-order valence-electron chi connectivity index (χ3n) is 3.43. The fourth-order valence-electron chi connectivity index (χ4n) is 2.38. The maximum atomic E-state index is 8.85. The zero-order chi connectivity index (χ0) is 16.2. The lowest BCUT2D eigenvalue weighted by Gasteiger charge is -2.10. The molecular formula is C17H13Cl2N3O. The zero-order valence-corrected chi connectivity index (χ0v) is 13.7. The minimum Gasteiger partial charge on any atom is -0.484 e. The van der Waals surface area contributed by atoms with Gasteiger partial charge in [-0.3, -0.25) is 0 Å². The van der Waals surface area contributed by atoms with Crippen molar-refractivity contribution in [3.63, 3.8) is 0 Å². The largest absolute Gasteiger partial charge is 0.484 e. The average Bonchev–Trinajstić information content (AvgIpc) is 2.89. The number of halogens is 2. The molecule has 0 saturated heterocycles. The topological polar surface area (TPSA) is 50.8 Å². The number of para-hydroxylation sites is 2. The van der Waals surface area contributed by atoms with Gasteiger partial charge in [-0.2, -0.15) is 5.26 Å². The molecule has 0 amide bonds. The molecule has 0 N–H and O–H groups in total. The van der Waals surface area contributed by atoms with E-state index in [0.29, 0.717) is 28.8 Å². The summed E-state index contributed by atoms with van der Waals surface area (Å²) < 4.78 is 7.77. The molecule has 0 radical (unpaired) electrons. The third-order valence-corrected chi connectivity index (χ3v) is 3.96. The molecule has 1 aromatic heterocycles. The predicted octanol–water partition coefficient (Wildman–Crippen LogP) is 4.84. The molecule has 0 aliphatic carbocycles. The van der Waals surface area contributed by atoms with Gasteiger partial charge in [0.1, 0.15) is 18.2 Å². The highest BCUT2D eigenvalue weighted by Gasteiger charge is 2.11. The lowest BCUT2D eigenvalue weighted by molar-refractivity contribution is 0.290. The molecule has 3 rings (SSSR count). The molecule has 0 bridgehead atoms. The average molecular weight is 346 g/mol. The highest BCUT2D eigenvalue weighted by atomic mass is 35.5. The van der Waals surface area contributed by atoms with Crippen molar-refractivity contribution in [1.29, 1.82) is 5.26 Å². The van der Waals surface area contributed by atoms with Crippen LogP contribution in [0.5, 0.6) is 5.75 Å². The van der Waals surface area contributed by atoms with E-state index in [1.54, 1.807) is 18.2 Å². The molecule has 23 heavy (non-hydrogen) atoms. The number of ether oxygens (including phenoxy) is 1. The normalized spacial score (nSPS) is 10.7. The molecule has 0 aliphatic rings. The van der Waals surface area contributed by atoms with E-state index < -0.39 is 0 Å². The molecule has 116 valence electrons. The van der Waals surface area contributed by atoms with E-state index >= 15 is 0 Å². The van der Waals surface area contributed by atoms with Gasteiger partial charge in [-0.25, -0.2) is 4.98 Å². The Labute approximate surface area is 143 Å². The first-order valence-electron chi connectivity index (χ1n) is 7.08. The van der Waals surface area contributed by atoms with Gasteiger partial charge in [-0.05, 0) is 30.3 Å². The zero-order valence-electron chi connectivity index (χ0n) is 12.2. The van der Waals surface area contributed by atoms with E-state index in [9.17, 15) is 0 Å². The first kappa shape index (κ1) is 15.7. The summed E-state index contributed by atoms with van der Waals surface area (Å²) in [7, 11) is 0. The minimum atomic E-state index is 0.265. The van der Waals surface area contributed by atoms with Crippen molar-refractivity contribution in [3.8, 4) is 11.8 Å². The third kappa shape index (κ3) is 3.42. The molecule has 4 nitrogen and oxygen atoms in total. The van der Waals surface area contributed by atoms with Crippen LogP contribution in [0.4, 0.5) is 0 Å². The molecule has 2 aromatic carbocycles. The lowest BCUT2D eigenvalue weighted by Crippen LogP contribution is -2.07. The van der Waals surface area contributed by atoms with Gasteiger partial charge in [0.2, 0.25) is 0 Å². The maximum absolute atomic E-state index is 8.85. The molecule has 3 aromatic rings. The number of aryl methyl sites for hydroxylation is 1. The molecular weight excluding hydrogens is 333 g/mol. The lowest BCUT2D eigenvalue weighted by atomic mass is 10.3. The number of fused-ring (bicyclic) bond motifs is 1. The van der Waals surface area contributed by atoms with E-state index in [0.717, 1.165) is 16.9 Å². The number of aromatic nitrogens is 2. The Kier molecular flexibility index (Phi) is 4.71. The molecule has 6 heteroatoms. The highest BCUT2D eigenvalue weighted by Crippen LogP contribution is 2.28. The van der Waals surface area contributed by atoms with Crippen LogP contribution in [-0.2, 0) is 13.2 Å². The van der Waals surface area contributed by atoms with Gasteiger partial charge in [0.25, 0.3) is 0 Å². The fourth-order valence-corrected chi connectivity index (χ4v) is 2.84. The molecule has 0 spiro atoms. The van der Waals surface area contributed by atoms with Crippen LogP contribution in [0.15, 0.2) is 42.5 Å². The van der Waals surface area contributed by atoms with Crippen LogP contribution in [0.2, 0.25) is 10.0 Å². The van der Waals surface area contributed by atoms with Crippen LogP contribution in [0.25, 0.3) is 11.0 Å². The standard InChI is InChI=1S/C17H13Cl2N3O/c18-12-6-7-16(13(19)10-12)23-11-17-21-14-4-1-2-5-15(14)22(17)9-3-8-20/h1-2,4-7,10H,3,9,11H2. The maximum Gasteiger partial charge on any atom is 0.148 e. The summed E-state index contributed by atoms with van der Waals surface area (Å²) in [6, 6.07) is 15.1. The number of imidazole rings is 1. The van der Waals surface area contributed by atoms with Crippen LogP contribution in [-0.4, -0.2) is 9.55 Å². The fraction of sp³-hybridized carbons (Fsp3) is 0.176. The summed E-state index contributed by atoms with van der Waals surface area (Å²) in [4.78, 5) is 4.59. The Balaban J connectivity index is 1.88. The monoisotopic (exact) mass is 345 g/mol. The van der Waals surface area contributed by atoms with E-state index in [2.05, 4.69) is 11.1 Å². The Morgan fingerprint density at radius 2 is 2.00 bits per heavy atom. The van der Waals surface area contributed by atoms with Crippen LogP contribution in [0.1, 0.15) is 12.2 Å². The molecule has 0 unspecified atom stereocenters. The minimum absolute atomic E-state index is 0.265. The Morgan fingerprint density at radius 1 is 1.17 bits per heavy atom. The Morgan fingerprint density at radius 3 is 2.78 bits per heavy atom. The number of rotatable bonds is 5. The van der Waals surface area contributed by atoms with Crippen molar-refractivity contribution in [2.45, 2.75) is 19.6 Å². The van der Waals surface area contributed by atoms with Crippen LogP contribution in [0.3, 0.4) is 0 Å². The van der Waals surface area contributed by atoms with Crippen LogP contribution >= 0.6 is 23.2 Å². The Bertz CT molecular complexity index is 883. The Hall–Kier alpha value is -2.22. The quantitative estimate of drug-likeness (QED) is 0.664. The smallest absolute Gasteiger partial charge is 0.148 e. The second-order valence-corrected chi connectivity index (χ2v) is 5.78. The van der Waals surface area contributed by atoms with Gasteiger partial charge in [0.05, 0.1) is 28.5 Å². The molecule has 0 atom stereocenters. The van der Waals surface area contributed by atoms with Crippen molar-refractivity contribution < 1.29 is 4.74 Å². The van der Waals surface area contributed by atoms with Crippen molar-refractivity contribution >= 4 is 34.2 Å². The van der Waals surface area contributed by atoms with Gasteiger partial charge in [-0.1, -0.05) is 35.3 Å². The van der Waals surface area contributed by atoms with E-state index in [1.807, 2.05) is 28.8 Å². The van der Waals surface area contributed by atoms with Crippen molar-refractivity contribution in [2.24, 2.45) is 0 Å². The van der Waals surface area contributed by atoms with Crippen molar-refractivity contribution in [1.82, 2.24) is 9.55 Å². The van der Waals surface area contributed by atoms with Crippen molar-refractivity contribution in [2.75, 3.05) is 0 Å². The molecule has 0 fully saturated rings. The predicted molar refractivity (Wildman–Crippen MR) is 90.8 cm³/mol. The van der Waals surface area contributed by atoms with Crippen molar-refractivity contribution in [3.05, 3.63) is 58.3 Å². The van der Waals surface area contributed by atoms with Crippen LogP contribution < -0.4 is 4.74 Å². The SMILES string of the molecule is N#CCCn1c(COc2ccc(Cl)cc2Cl)nc2ccccc21. The van der Waals surface area contributed by atoms with Gasteiger partial charge in [0, 0.05) is 11.6 Å². The molecule has 0 saturated carbocycles. The first-order chi connectivity index (χ1) is 11.2. The van der Waals surface area contributed by atoms with Gasteiger partial charge in [0.15, 0.2) is 0 Å². The number of hydrogen-bond donors (Lipinski definition) is 0. The van der Waals surface area contributed by atoms with Gasteiger partial charge < -0.3 is 9.30 Å². The number of hydrogen-bond acceptors (Lipinski definition) is 3. The van der Waals surface area contributed by atoms with E-state index in [4.69, 9.17) is 33.2 Å². The number of benzene rings is 2. The van der Waals surface area contributed by atoms with Gasteiger partial charge >= 0.3 is 0 Å².